The predicted octanol–water partition coefficient (Wildman–Crippen LogP) is 3.46. The Bertz CT molecular complexity index is 677. The number of ether oxygens (including phenoxy) is 2. The SMILES string of the molecule is COc1ccc2cc(CN(N)C(=O)OC(C)(C)C)ccc2c1. The molecule has 0 atom stereocenters. The van der Waals surface area contributed by atoms with E-state index in [-0.39, 0.29) is 6.54 Å². The van der Waals surface area contributed by atoms with E-state index >= 15 is 0 Å². The summed E-state index contributed by atoms with van der Waals surface area (Å²) >= 11 is 0. The van der Waals surface area contributed by atoms with Crippen LogP contribution < -0.4 is 10.6 Å². The van der Waals surface area contributed by atoms with Gasteiger partial charge in [0.1, 0.15) is 11.4 Å². The van der Waals surface area contributed by atoms with Gasteiger partial charge in [0.25, 0.3) is 0 Å². The molecule has 5 heteroatoms. The second kappa shape index (κ2) is 6.23. The molecule has 2 aromatic rings. The molecule has 0 saturated heterocycles. The van der Waals surface area contributed by atoms with Crippen molar-refractivity contribution in [2.75, 3.05) is 7.11 Å². The molecule has 1 amide bonds. The first-order valence-corrected chi connectivity index (χ1v) is 7.10. The number of carbonyl (C=O) groups is 1. The Hall–Kier alpha value is -2.27. The fourth-order valence-electron chi connectivity index (χ4n) is 2.08. The van der Waals surface area contributed by atoms with Gasteiger partial charge in [-0.25, -0.2) is 15.6 Å². The van der Waals surface area contributed by atoms with Gasteiger partial charge in [-0.3, -0.25) is 0 Å². The summed E-state index contributed by atoms with van der Waals surface area (Å²) in [6, 6.07) is 11.8. The van der Waals surface area contributed by atoms with Crippen LogP contribution in [0.4, 0.5) is 4.79 Å². The van der Waals surface area contributed by atoms with Gasteiger partial charge in [-0.15, -0.1) is 0 Å². The minimum Gasteiger partial charge on any atom is -0.497 e. The molecule has 0 saturated carbocycles. The van der Waals surface area contributed by atoms with Crippen LogP contribution in [0.5, 0.6) is 5.75 Å². The predicted molar refractivity (Wildman–Crippen MR) is 86.5 cm³/mol. The van der Waals surface area contributed by atoms with Gasteiger partial charge in [-0.05, 0) is 55.3 Å². The van der Waals surface area contributed by atoms with Crippen molar-refractivity contribution in [1.29, 1.82) is 0 Å². The van der Waals surface area contributed by atoms with Crippen molar-refractivity contribution in [2.24, 2.45) is 5.84 Å². The van der Waals surface area contributed by atoms with Gasteiger partial charge in [0.05, 0.1) is 13.7 Å². The Morgan fingerprint density at radius 3 is 2.41 bits per heavy atom. The fourth-order valence-corrected chi connectivity index (χ4v) is 2.08. The van der Waals surface area contributed by atoms with Gasteiger partial charge < -0.3 is 9.47 Å². The van der Waals surface area contributed by atoms with Crippen LogP contribution in [-0.4, -0.2) is 23.8 Å². The number of amides is 1. The zero-order chi connectivity index (χ0) is 16.3. The normalized spacial score (nSPS) is 11.3. The number of methoxy groups -OCH3 is 1. The van der Waals surface area contributed by atoms with Crippen molar-refractivity contribution >= 4 is 16.9 Å². The molecule has 0 aliphatic heterocycles. The molecular formula is C17H22N2O3. The largest absolute Gasteiger partial charge is 0.497 e. The first-order chi connectivity index (χ1) is 10.3. The second-order valence-corrected chi connectivity index (χ2v) is 6.16. The van der Waals surface area contributed by atoms with E-state index in [4.69, 9.17) is 15.3 Å². The van der Waals surface area contributed by atoms with Crippen molar-refractivity contribution in [2.45, 2.75) is 32.9 Å². The van der Waals surface area contributed by atoms with Crippen LogP contribution in [0.2, 0.25) is 0 Å². The van der Waals surface area contributed by atoms with E-state index < -0.39 is 11.7 Å². The summed E-state index contributed by atoms with van der Waals surface area (Å²) in [5.74, 6) is 6.60. The van der Waals surface area contributed by atoms with E-state index in [1.807, 2.05) is 57.2 Å². The highest BCUT2D eigenvalue weighted by Gasteiger charge is 2.20. The number of nitrogens with two attached hydrogens (primary N) is 1. The van der Waals surface area contributed by atoms with Crippen LogP contribution in [0.25, 0.3) is 10.8 Å². The summed E-state index contributed by atoms with van der Waals surface area (Å²) in [7, 11) is 1.64. The maximum absolute atomic E-state index is 11.9. The number of fused-ring (bicyclic) bond motifs is 1. The summed E-state index contributed by atoms with van der Waals surface area (Å²) in [4.78, 5) is 11.9. The maximum Gasteiger partial charge on any atom is 0.424 e. The van der Waals surface area contributed by atoms with E-state index in [1.54, 1.807) is 7.11 Å². The molecule has 118 valence electrons. The second-order valence-electron chi connectivity index (χ2n) is 6.16. The lowest BCUT2D eigenvalue weighted by Gasteiger charge is -2.24. The summed E-state index contributed by atoms with van der Waals surface area (Å²) < 4.78 is 10.4. The summed E-state index contributed by atoms with van der Waals surface area (Å²) in [5, 5.41) is 3.22. The van der Waals surface area contributed by atoms with E-state index in [0.717, 1.165) is 27.1 Å². The number of nitrogens with zero attached hydrogens (tertiary/aromatic N) is 1. The molecule has 0 aliphatic rings. The van der Waals surface area contributed by atoms with Gasteiger partial charge in [-0.2, -0.15) is 0 Å². The quantitative estimate of drug-likeness (QED) is 0.536. The van der Waals surface area contributed by atoms with Gasteiger partial charge in [-0.1, -0.05) is 18.2 Å². The number of rotatable bonds is 3. The molecule has 0 unspecified atom stereocenters. The topological polar surface area (TPSA) is 64.8 Å². The average Bonchev–Trinajstić information content (AvgIpc) is 2.44. The van der Waals surface area contributed by atoms with Crippen LogP contribution in [0, 0.1) is 0 Å². The van der Waals surface area contributed by atoms with E-state index in [0.29, 0.717) is 0 Å². The Labute approximate surface area is 130 Å². The van der Waals surface area contributed by atoms with Gasteiger partial charge in [0, 0.05) is 0 Å². The van der Waals surface area contributed by atoms with Gasteiger partial charge in [0.15, 0.2) is 0 Å². The first-order valence-electron chi connectivity index (χ1n) is 7.10. The van der Waals surface area contributed by atoms with Crippen LogP contribution in [-0.2, 0) is 11.3 Å². The minimum atomic E-state index is -0.561. The molecule has 0 spiro atoms. The third-order valence-electron chi connectivity index (χ3n) is 3.09. The summed E-state index contributed by atoms with van der Waals surface area (Å²) in [5.41, 5.74) is 0.375. The molecule has 0 heterocycles. The molecule has 0 fully saturated rings. The van der Waals surface area contributed by atoms with E-state index in [1.165, 1.54) is 0 Å². The molecule has 2 N–H and O–H groups in total. The van der Waals surface area contributed by atoms with Crippen LogP contribution in [0.15, 0.2) is 36.4 Å². The zero-order valence-electron chi connectivity index (χ0n) is 13.4. The Kier molecular flexibility index (Phi) is 4.56. The van der Waals surface area contributed by atoms with Crippen LogP contribution >= 0.6 is 0 Å². The van der Waals surface area contributed by atoms with Crippen molar-refractivity contribution in [3.8, 4) is 5.75 Å². The molecule has 2 aromatic carbocycles. The molecule has 0 bridgehead atoms. The Morgan fingerprint density at radius 1 is 1.14 bits per heavy atom. The number of hydrazine groups is 1. The monoisotopic (exact) mass is 302 g/mol. The van der Waals surface area contributed by atoms with Gasteiger partial charge >= 0.3 is 6.09 Å². The highest BCUT2D eigenvalue weighted by Crippen LogP contribution is 2.22. The van der Waals surface area contributed by atoms with Crippen molar-refractivity contribution in [3.63, 3.8) is 0 Å². The average molecular weight is 302 g/mol. The zero-order valence-corrected chi connectivity index (χ0v) is 13.4. The maximum atomic E-state index is 11.9. The highest BCUT2D eigenvalue weighted by atomic mass is 16.6. The molecule has 0 radical (unpaired) electrons. The minimum absolute atomic E-state index is 0.289. The number of benzene rings is 2. The molecular weight excluding hydrogens is 280 g/mol. The van der Waals surface area contributed by atoms with E-state index in [2.05, 4.69) is 0 Å². The molecule has 0 aromatic heterocycles. The molecule has 5 nitrogen and oxygen atoms in total. The van der Waals surface area contributed by atoms with Crippen LogP contribution in [0.1, 0.15) is 26.3 Å². The van der Waals surface area contributed by atoms with Crippen molar-refractivity contribution in [3.05, 3.63) is 42.0 Å². The lowest BCUT2D eigenvalue weighted by molar-refractivity contribution is 0.0231. The number of carbonyl (C=O) groups excluding carboxylic acids is 1. The lowest BCUT2D eigenvalue weighted by Crippen LogP contribution is -2.40. The smallest absolute Gasteiger partial charge is 0.424 e. The lowest BCUT2D eigenvalue weighted by atomic mass is 10.1. The summed E-state index contributed by atoms with van der Waals surface area (Å²) in [6.45, 7) is 5.71. The molecule has 0 aliphatic carbocycles. The van der Waals surface area contributed by atoms with Gasteiger partial charge in [0.2, 0.25) is 0 Å². The van der Waals surface area contributed by atoms with Crippen molar-refractivity contribution < 1.29 is 14.3 Å². The third kappa shape index (κ3) is 4.11. The fraction of sp³-hybridized carbons (Fsp3) is 0.353. The first kappa shape index (κ1) is 16.1. The van der Waals surface area contributed by atoms with E-state index in [9.17, 15) is 4.79 Å². The van der Waals surface area contributed by atoms with Crippen molar-refractivity contribution in [1.82, 2.24) is 5.01 Å². The Morgan fingerprint density at radius 2 is 1.77 bits per heavy atom. The Balaban J connectivity index is 2.13. The standard InChI is InChI=1S/C17H22N2O3/c1-17(2,3)22-16(20)19(18)11-12-5-6-14-10-15(21-4)8-7-13(14)9-12/h5-10H,11,18H2,1-4H3. The number of hydrogen-bond donors (Lipinski definition) is 1. The van der Waals surface area contributed by atoms with Crippen LogP contribution in [0.3, 0.4) is 0 Å². The third-order valence-corrected chi connectivity index (χ3v) is 3.09. The summed E-state index contributed by atoms with van der Waals surface area (Å²) in [6.07, 6.45) is -0.540. The molecule has 22 heavy (non-hydrogen) atoms. The number of hydrogen-bond acceptors (Lipinski definition) is 4. The molecule has 2 rings (SSSR count). The highest BCUT2D eigenvalue weighted by molar-refractivity contribution is 5.84.